The summed E-state index contributed by atoms with van der Waals surface area (Å²) >= 11 is 0. The lowest BCUT2D eigenvalue weighted by Crippen LogP contribution is -2.42. The highest BCUT2D eigenvalue weighted by atomic mass is 32.2. The van der Waals surface area contributed by atoms with Gasteiger partial charge in [-0.05, 0) is 24.6 Å². The second kappa shape index (κ2) is 6.16. The lowest BCUT2D eigenvalue weighted by molar-refractivity contribution is -0.117. The Hall–Kier alpha value is -1.40. The third-order valence-electron chi connectivity index (χ3n) is 3.29. The highest BCUT2D eigenvalue weighted by molar-refractivity contribution is 7.85. The quantitative estimate of drug-likeness (QED) is 0.795. The summed E-state index contributed by atoms with van der Waals surface area (Å²) in [5.74, 6) is 1.26. The Morgan fingerprint density at radius 2 is 2.11 bits per heavy atom. The van der Waals surface area contributed by atoms with Gasteiger partial charge >= 0.3 is 0 Å². The van der Waals surface area contributed by atoms with Crippen LogP contribution in [0.2, 0.25) is 0 Å². The molecule has 2 rings (SSSR count). The molecule has 0 aromatic heterocycles. The van der Waals surface area contributed by atoms with Crippen LogP contribution in [0.1, 0.15) is 5.56 Å². The lowest BCUT2D eigenvalue weighted by atomic mass is 10.1. The highest BCUT2D eigenvalue weighted by Crippen LogP contribution is 2.20. The fourth-order valence-corrected chi connectivity index (χ4v) is 3.14. The third-order valence-corrected chi connectivity index (χ3v) is 4.56. The molecule has 1 fully saturated rings. The fraction of sp³-hybridized carbons (Fsp3) is 0.462. The van der Waals surface area contributed by atoms with Crippen LogP contribution in [0.3, 0.4) is 0 Å². The molecule has 0 aliphatic carbocycles. The van der Waals surface area contributed by atoms with Gasteiger partial charge in [-0.3, -0.25) is 13.9 Å². The van der Waals surface area contributed by atoms with E-state index < -0.39 is 10.8 Å². The van der Waals surface area contributed by atoms with Crippen LogP contribution in [0.15, 0.2) is 18.2 Å². The smallest absolute Gasteiger partial charge is 0.238 e. The minimum Gasteiger partial charge on any atom is -0.398 e. The van der Waals surface area contributed by atoms with E-state index in [1.165, 1.54) is 0 Å². The van der Waals surface area contributed by atoms with Gasteiger partial charge in [0.15, 0.2) is 0 Å². The molecule has 104 valence electrons. The summed E-state index contributed by atoms with van der Waals surface area (Å²) in [6.07, 6.45) is 0. The number of benzene rings is 1. The number of nitrogens with one attached hydrogen (secondary N) is 1. The van der Waals surface area contributed by atoms with Crippen molar-refractivity contribution < 1.29 is 9.00 Å². The minimum atomic E-state index is -0.710. The van der Waals surface area contributed by atoms with Crippen LogP contribution >= 0.6 is 0 Å². The van der Waals surface area contributed by atoms with Crippen LogP contribution in [0.4, 0.5) is 11.4 Å². The standard InChI is InChI=1S/C13H19N3O2S/c1-10-11(14)3-2-4-12(10)15-13(17)9-16-5-7-19(18)8-6-16/h2-4H,5-9,14H2,1H3,(H,15,17). The van der Waals surface area contributed by atoms with Crippen molar-refractivity contribution in [3.8, 4) is 0 Å². The van der Waals surface area contributed by atoms with E-state index in [9.17, 15) is 9.00 Å². The number of anilines is 2. The molecule has 1 amide bonds. The average Bonchev–Trinajstić information content (AvgIpc) is 2.38. The number of carbonyl (C=O) groups excluding carboxylic acids is 1. The van der Waals surface area contributed by atoms with Crippen LogP contribution < -0.4 is 11.1 Å². The van der Waals surface area contributed by atoms with Gasteiger partial charge in [-0.15, -0.1) is 0 Å². The van der Waals surface area contributed by atoms with E-state index in [-0.39, 0.29) is 5.91 Å². The summed E-state index contributed by atoms with van der Waals surface area (Å²) in [7, 11) is -0.710. The summed E-state index contributed by atoms with van der Waals surface area (Å²) in [6, 6.07) is 5.47. The van der Waals surface area contributed by atoms with Crippen LogP contribution in [0, 0.1) is 6.92 Å². The Morgan fingerprint density at radius 1 is 1.42 bits per heavy atom. The van der Waals surface area contributed by atoms with Gasteiger partial charge in [-0.1, -0.05) is 6.07 Å². The molecule has 1 aliphatic heterocycles. The number of amides is 1. The largest absolute Gasteiger partial charge is 0.398 e. The Kier molecular flexibility index (Phi) is 4.55. The highest BCUT2D eigenvalue weighted by Gasteiger charge is 2.17. The maximum absolute atomic E-state index is 12.0. The maximum atomic E-state index is 12.0. The predicted molar refractivity (Wildman–Crippen MR) is 78.5 cm³/mol. The molecule has 0 spiro atoms. The lowest BCUT2D eigenvalue weighted by Gasteiger charge is -2.25. The van der Waals surface area contributed by atoms with Gasteiger partial charge < -0.3 is 11.1 Å². The Bertz CT molecular complexity index is 495. The molecule has 0 bridgehead atoms. The zero-order chi connectivity index (χ0) is 13.8. The maximum Gasteiger partial charge on any atom is 0.238 e. The normalized spacial score (nSPS) is 17.3. The molecule has 1 aromatic carbocycles. The van der Waals surface area contributed by atoms with Crippen molar-refractivity contribution in [2.75, 3.05) is 42.2 Å². The zero-order valence-electron chi connectivity index (χ0n) is 11.0. The first-order valence-corrected chi connectivity index (χ1v) is 7.77. The molecule has 1 saturated heterocycles. The van der Waals surface area contributed by atoms with Crippen molar-refractivity contribution >= 4 is 28.1 Å². The molecule has 1 heterocycles. The SMILES string of the molecule is Cc1c(N)cccc1NC(=O)CN1CCS(=O)CC1. The fourth-order valence-electron chi connectivity index (χ4n) is 2.02. The molecular formula is C13H19N3O2S. The second-order valence-corrected chi connectivity index (χ2v) is 6.39. The van der Waals surface area contributed by atoms with E-state index >= 15 is 0 Å². The van der Waals surface area contributed by atoms with Crippen LogP contribution in [0.5, 0.6) is 0 Å². The number of hydrogen-bond donors (Lipinski definition) is 2. The Balaban J connectivity index is 1.91. The first kappa shape index (κ1) is 14.0. The monoisotopic (exact) mass is 281 g/mol. The topological polar surface area (TPSA) is 75.4 Å². The van der Waals surface area contributed by atoms with Crippen molar-refractivity contribution in [1.82, 2.24) is 4.90 Å². The van der Waals surface area contributed by atoms with E-state index in [0.29, 0.717) is 23.7 Å². The molecule has 1 aliphatic rings. The molecule has 0 radical (unpaired) electrons. The van der Waals surface area contributed by atoms with Crippen molar-refractivity contribution in [3.05, 3.63) is 23.8 Å². The number of nitrogens with two attached hydrogens (primary N) is 1. The first-order valence-electron chi connectivity index (χ1n) is 6.28. The van der Waals surface area contributed by atoms with Crippen LogP contribution in [0.25, 0.3) is 0 Å². The van der Waals surface area contributed by atoms with E-state index in [4.69, 9.17) is 5.73 Å². The van der Waals surface area contributed by atoms with Crippen molar-refractivity contribution in [1.29, 1.82) is 0 Å². The molecule has 1 aromatic rings. The van der Waals surface area contributed by atoms with Gasteiger partial charge in [0.25, 0.3) is 0 Å². The number of nitrogens with zero attached hydrogens (tertiary/aromatic N) is 1. The molecule has 5 nitrogen and oxygen atoms in total. The molecule has 19 heavy (non-hydrogen) atoms. The number of rotatable bonds is 3. The summed E-state index contributed by atoms with van der Waals surface area (Å²) in [5.41, 5.74) is 8.11. The Morgan fingerprint density at radius 3 is 2.79 bits per heavy atom. The van der Waals surface area contributed by atoms with Crippen LogP contribution in [-0.2, 0) is 15.6 Å². The summed E-state index contributed by atoms with van der Waals surface area (Å²) in [5, 5.41) is 2.87. The van der Waals surface area contributed by atoms with Crippen molar-refractivity contribution in [2.24, 2.45) is 0 Å². The van der Waals surface area contributed by atoms with E-state index in [1.54, 1.807) is 0 Å². The van der Waals surface area contributed by atoms with Gasteiger partial charge in [0.2, 0.25) is 5.91 Å². The van der Waals surface area contributed by atoms with E-state index in [0.717, 1.165) is 24.3 Å². The molecule has 6 heteroatoms. The summed E-state index contributed by atoms with van der Waals surface area (Å²) < 4.78 is 11.2. The second-order valence-electron chi connectivity index (χ2n) is 4.69. The number of nitrogen functional groups attached to an aromatic ring is 1. The van der Waals surface area contributed by atoms with Crippen LogP contribution in [-0.4, -0.2) is 46.2 Å². The zero-order valence-corrected chi connectivity index (χ0v) is 11.8. The van der Waals surface area contributed by atoms with Gasteiger partial charge in [-0.2, -0.15) is 0 Å². The van der Waals surface area contributed by atoms with E-state index in [2.05, 4.69) is 5.32 Å². The Labute approximate surface area is 115 Å². The van der Waals surface area contributed by atoms with E-state index in [1.807, 2.05) is 30.0 Å². The molecule has 0 saturated carbocycles. The predicted octanol–water partition coefficient (Wildman–Crippen LogP) is 0.580. The third kappa shape index (κ3) is 3.78. The van der Waals surface area contributed by atoms with Gasteiger partial charge in [-0.25, -0.2) is 0 Å². The summed E-state index contributed by atoms with van der Waals surface area (Å²) in [4.78, 5) is 14.0. The summed E-state index contributed by atoms with van der Waals surface area (Å²) in [6.45, 7) is 3.66. The van der Waals surface area contributed by atoms with Crippen molar-refractivity contribution in [2.45, 2.75) is 6.92 Å². The minimum absolute atomic E-state index is 0.0543. The molecule has 3 N–H and O–H groups in total. The number of carbonyl (C=O) groups is 1. The van der Waals surface area contributed by atoms with Crippen molar-refractivity contribution in [3.63, 3.8) is 0 Å². The first-order chi connectivity index (χ1) is 9.06. The van der Waals surface area contributed by atoms with Gasteiger partial charge in [0, 0.05) is 46.8 Å². The number of hydrogen-bond acceptors (Lipinski definition) is 4. The molecular weight excluding hydrogens is 262 g/mol. The van der Waals surface area contributed by atoms with Gasteiger partial charge in [0.1, 0.15) is 0 Å². The molecule has 0 unspecified atom stereocenters. The molecule has 0 atom stereocenters. The average molecular weight is 281 g/mol. The van der Waals surface area contributed by atoms with Gasteiger partial charge in [0.05, 0.1) is 6.54 Å².